The van der Waals surface area contributed by atoms with Gasteiger partial charge in [0.2, 0.25) is 0 Å². The minimum absolute atomic E-state index is 0.0676. The molecule has 0 unspecified atom stereocenters. The van der Waals surface area contributed by atoms with E-state index in [9.17, 15) is 4.79 Å². The second-order valence-corrected chi connectivity index (χ2v) is 5.34. The van der Waals surface area contributed by atoms with Crippen LogP contribution in [0.2, 0.25) is 0 Å². The first kappa shape index (κ1) is 15.5. The number of carbonyl (C=O) groups is 1. The van der Waals surface area contributed by atoms with Gasteiger partial charge in [-0.25, -0.2) is 15.0 Å². The van der Waals surface area contributed by atoms with Crippen LogP contribution in [-0.4, -0.2) is 55.7 Å². The molecule has 1 saturated heterocycles. The van der Waals surface area contributed by atoms with Crippen molar-refractivity contribution < 1.29 is 9.53 Å². The lowest BCUT2D eigenvalue weighted by molar-refractivity contribution is -0.0267. The van der Waals surface area contributed by atoms with Crippen LogP contribution in [0.4, 0.5) is 0 Å². The molecule has 0 bridgehead atoms. The summed E-state index contributed by atoms with van der Waals surface area (Å²) in [6.07, 6.45) is 4.22. The van der Waals surface area contributed by atoms with Crippen molar-refractivity contribution in [3.63, 3.8) is 0 Å². The summed E-state index contributed by atoms with van der Waals surface area (Å²) in [5, 5.41) is 7.07. The SMILES string of the molecule is CCc1nc([C@@H]2CN(C(=O)c3cncnc3CC)CCO2)n[nH]1. The molecule has 23 heavy (non-hydrogen) atoms. The Kier molecular flexibility index (Phi) is 4.61. The molecule has 2 aromatic heterocycles. The van der Waals surface area contributed by atoms with Crippen LogP contribution < -0.4 is 0 Å². The Hall–Kier alpha value is -2.35. The molecule has 1 atom stereocenters. The fraction of sp³-hybridized carbons (Fsp3) is 0.533. The molecule has 122 valence electrons. The number of hydrogen-bond donors (Lipinski definition) is 1. The molecular weight excluding hydrogens is 296 g/mol. The molecule has 0 radical (unpaired) electrons. The third-order valence-electron chi connectivity index (χ3n) is 3.89. The lowest BCUT2D eigenvalue weighted by atomic mass is 10.1. The van der Waals surface area contributed by atoms with Crippen LogP contribution >= 0.6 is 0 Å². The van der Waals surface area contributed by atoms with Crippen LogP contribution in [0.3, 0.4) is 0 Å². The highest BCUT2D eigenvalue weighted by molar-refractivity contribution is 5.95. The van der Waals surface area contributed by atoms with Crippen molar-refractivity contribution in [2.24, 2.45) is 0 Å². The summed E-state index contributed by atoms with van der Waals surface area (Å²) in [4.78, 5) is 27.1. The summed E-state index contributed by atoms with van der Waals surface area (Å²) in [6, 6.07) is 0. The maximum absolute atomic E-state index is 12.8. The number of aromatic nitrogens is 5. The number of aryl methyl sites for hydroxylation is 2. The number of H-pyrrole nitrogens is 1. The van der Waals surface area contributed by atoms with E-state index in [-0.39, 0.29) is 12.0 Å². The molecule has 2 aromatic rings. The van der Waals surface area contributed by atoms with Crippen molar-refractivity contribution in [2.75, 3.05) is 19.7 Å². The number of nitrogens with zero attached hydrogens (tertiary/aromatic N) is 5. The Morgan fingerprint density at radius 1 is 1.43 bits per heavy atom. The highest BCUT2D eigenvalue weighted by Crippen LogP contribution is 2.21. The Morgan fingerprint density at radius 3 is 3.04 bits per heavy atom. The van der Waals surface area contributed by atoms with Gasteiger partial charge < -0.3 is 9.64 Å². The monoisotopic (exact) mass is 316 g/mol. The Labute approximate surface area is 134 Å². The number of rotatable bonds is 4. The lowest BCUT2D eigenvalue weighted by Gasteiger charge is -2.31. The number of morpholine rings is 1. The second kappa shape index (κ2) is 6.82. The first-order valence-electron chi connectivity index (χ1n) is 7.83. The van der Waals surface area contributed by atoms with Gasteiger partial charge in [0.25, 0.3) is 5.91 Å². The zero-order valence-electron chi connectivity index (χ0n) is 13.3. The molecule has 1 aliphatic rings. The molecule has 0 saturated carbocycles. The van der Waals surface area contributed by atoms with Crippen molar-refractivity contribution in [1.82, 2.24) is 30.0 Å². The van der Waals surface area contributed by atoms with E-state index in [4.69, 9.17) is 4.74 Å². The highest BCUT2D eigenvalue weighted by Gasteiger charge is 2.29. The normalized spacial score (nSPS) is 18.2. The maximum atomic E-state index is 12.8. The van der Waals surface area contributed by atoms with Gasteiger partial charge in [-0.05, 0) is 6.42 Å². The largest absolute Gasteiger partial charge is 0.366 e. The average Bonchev–Trinajstić information content (AvgIpc) is 3.10. The summed E-state index contributed by atoms with van der Waals surface area (Å²) in [5.74, 6) is 1.35. The van der Waals surface area contributed by atoms with Crippen LogP contribution in [0.1, 0.15) is 47.7 Å². The van der Waals surface area contributed by atoms with Gasteiger partial charge in [0, 0.05) is 19.2 Å². The van der Waals surface area contributed by atoms with E-state index in [0.29, 0.717) is 37.5 Å². The van der Waals surface area contributed by atoms with E-state index in [2.05, 4.69) is 25.1 Å². The minimum atomic E-state index is -0.307. The van der Waals surface area contributed by atoms with Crippen LogP contribution in [0.15, 0.2) is 12.5 Å². The Morgan fingerprint density at radius 2 is 2.30 bits per heavy atom. The quantitative estimate of drug-likeness (QED) is 0.901. The van der Waals surface area contributed by atoms with Crippen LogP contribution in [-0.2, 0) is 17.6 Å². The number of hydrogen-bond acceptors (Lipinski definition) is 6. The second-order valence-electron chi connectivity index (χ2n) is 5.34. The van der Waals surface area contributed by atoms with Gasteiger partial charge in [-0.1, -0.05) is 13.8 Å². The summed E-state index contributed by atoms with van der Waals surface area (Å²) >= 11 is 0. The molecule has 3 heterocycles. The van der Waals surface area contributed by atoms with E-state index in [1.165, 1.54) is 6.33 Å². The van der Waals surface area contributed by atoms with Gasteiger partial charge in [0.05, 0.1) is 24.4 Å². The zero-order valence-corrected chi connectivity index (χ0v) is 13.3. The number of carbonyl (C=O) groups excluding carboxylic acids is 1. The summed E-state index contributed by atoms with van der Waals surface area (Å²) in [7, 11) is 0. The summed E-state index contributed by atoms with van der Waals surface area (Å²) < 4.78 is 5.72. The van der Waals surface area contributed by atoms with Crippen molar-refractivity contribution in [3.8, 4) is 0 Å². The molecule has 1 aliphatic heterocycles. The van der Waals surface area contributed by atoms with Gasteiger partial charge in [0.1, 0.15) is 18.3 Å². The first-order chi connectivity index (χ1) is 11.2. The van der Waals surface area contributed by atoms with Crippen LogP contribution in [0.5, 0.6) is 0 Å². The molecule has 0 aromatic carbocycles. The lowest BCUT2D eigenvalue weighted by Crippen LogP contribution is -2.43. The van der Waals surface area contributed by atoms with E-state index in [1.54, 1.807) is 11.1 Å². The van der Waals surface area contributed by atoms with Crippen molar-refractivity contribution in [3.05, 3.63) is 35.4 Å². The van der Waals surface area contributed by atoms with Crippen molar-refractivity contribution in [1.29, 1.82) is 0 Å². The van der Waals surface area contributed by atoms with Gasteiger partial charge in [-0.15, -0.1) is 0 Å². The highest BCUT2D eigenvalue weighted by atomic mass is 16.5. The standard InChI is InChI=1S/C15H20N6O2/c1-3-11-10(7-16-9-17-11)15(22)21-5-6-23-12(8-21)14-18-13(4-2)19-20-14/h7,9,12H,3-6,8H2,1-2H3,(H,18,19,20)/t12-/m0/s1. The Balaban J connectivity index is 1.76. The third-order valence-corrected chi connectivity index (χ3v) is 3.89. The van der Waals surface area contributed by atoms with Gasteiger partial charge in [0.15, 0.2) is 5.82 Å². The smallest absolute Gasteiger partial charge is 0.257 e. The molecular formula is C15H20N6O2. The number of aromatic amines is 1. The number of amides is 1. The topological polar surface area (TPSA) is 96.9 Å². The van der Waals surface area contributed by atoms with Crippen molar-refractivity contribution in [2.45, 2.75) is 32.8 Å². The van der Waals surface area contributed by atoms with Gasteiger partial charge >= 0.3 is 0 Å². The molecule has 0 aliphatic carbocycles. The van der Waals surface area contributed by atoms with E-state index in [1.807, 2.05) is 13.8 Å². The maximum Gasteiger partial charge on any atom is 0.257 e. The summed E-state index contributed by atoms with van der Waals surface area (Å²) in [5.41, 5.74) is 1.32. The van der Waals surface area contributed by atoms with E-state index >= 15 is 0 Å². The molecule has 1 fully saturated rings. The number of nitrogens with one attached hydrogen (secondary N) is 1. The van der Waals surface area contributed by atoms with Gasteiger partial charge in [-0.3, -0.25) is 9.89 Å². The van der Waals surface area contributed by atoms with E-state index in [0.717, 1.165) is 17.9 Å². The Bertz CT molecular complexity index is 686. The minimum Gasteiger partial charge on any atom is -0.366 e. The number of ether oxygens (including phenoxy) is 1. The fourth-order valence-electron chi connectivity index (χ4n) is 2.59. The van der Waals surface area contributed by atoms with Crippen LogP contribution in [0, 0.1) is 0 Å². The average molecular weight is 316 g/mol. The third kappa shape index (κ3) is 3.21. The molecule has 1 N–H and O–H groups in total. The first-order valence-corrected chi connectivity index (χ1v) is 7.83. The molecule has 8 heteroatoms. The van der Waals surface area contributed by atoms with Gasteiger partial charge in [-0.2, -0.15) is 5.10 Å². The predicted octanol–water partition coefficient (Wildman–Crippen LogP) is 0.933. The predicted molar refractivity (Wildman–Crippen MR) is 81.8 cm³/mol. The van der Waals surface area contributed by atoms with Crippen molar-refractivity contribution >= 4 is 5.91 Å². The molecule has 1 amide bonds. The molecule has 3 rings (SSSR count). The molecule has 0 spiro atoms. The summed E-state index contributed by atoms with van der Waals surface area (Å²) in [6.45, 7) is 5.41. The van der Waals surface area contributed by atoms with Crippen LogP contribution in [0.25, 0.3) is 0 Å². The fourth-order valence-corrected chi connectivity index (χ4v) is 2.59. The zero-order chi connectivity index (χ0) is 16.2. The molecule has 8 nitrogen and oxygen atoms in total. The van der Waals surface area contributed by atoms with E-state index < -0.39 is 0 Å².